The fourth-order valence-electron chi connectivity index (χ4n) is 0.836. The zero-order valence-corrected chi connectivity index (χ0v) is 7.56. The van der Waals surface area contributed by atoms with Crippen molar-refractivity contribution in [2.45, 2.75) is 11.3 Å². The minimum Gasteiger partial charge on any atom is -0.403 e. The van der Waals surface area contributed by atoms with Crippen LogP contribution in [0.2, 0.25) is 0 Å². The van der Waals surface area contributed by atoms with Crippen LogP contribution in [0.1, 0.15) is 5.56 Å². The largest absolute Gasteiger partial charge is 0.573 e. The number of nitriles is 1. The summed E-state index contributed by atoms with van der Waals surface area (Å²) in [5, 5.41) is 8.51. The van der Waals surface area contributed by atoms with Crippen molar-refractivity contribution in [2.75, 3.05) is 0 Å². The number of alkyl halides is 3. The molecule has 14 heavy (non-hydrogen) atoms. The number of benzene rings is 1. The topological polar surface area (TPSA) is 33.0 Å². The van der Waals surface area contributed by atoms with Crippen LogP contribution in [0.4, 0.5) is 13.2 Å². The Labute approximate surface area is 83.3 Å². The number of ether oxygens (including phenoxy) is 1. The Hall–Kier alpha value is -1.35. The van der Waals surface area contributed by atoms with Gasteiger partial charge in [-0.3, -0.25) is 0 Å². The predicted octanol–water partition coefficient (Wildman–Crippen LogP) is 2.75. The van der Waals surface area contributed by atoms with Gasteiger partial charge in [-0.1, -0.05) is 6.07 Å². The molecule has 1 rings (SSSR count). The highest BCUT2D eigenvalue weighted by atomic mass is 32.1. The van der Waals surface area contributed by atoms with Crippen molar-refractivity contribution in [3.8, 4) is 11.8 Å². The molecule has 0 aliphatic rings. The third-order valence-corrected chi connectivity index (χ3v) is 1.68. The molecule has 0 atom stereocenters. The van der Waals surface area contributed by atoms with E-state index in [1.807, 2.05) is 0 Å². The number of rotatable bonds is 1. The molecule has 0 spiro atoms. The van der Waals surface area contributed by atoms with Crippen molar-refractivity contribution in [1.29, 1.82) is 5.26 Å². The Morgan fingerprint density at radius 1 is 1.36 bits per heavy atom. The number of para-hydroxylation sites is 1. The molecule has 0 saturated heterocycles. The monoisotopic (exact) mass is 219 g/mol. The van der Waals surface area contributed by atoms with Crippen LogP contribution in [0, 0.1) is 11.3 Å². The van der Waals surface area contributed by atoms with Gasteiger partial charge in [0.1, 0.15) is 6.07 Å². The minimum atomic E-state index is -4.82. The zero-order chi connectivity index (χ0) is 10.8. The van der Waals surface area contributed by atoms with Crippen molar-refractivity contribution in [3.05, 3.63) is 23.8 Å². The number of halogens is 3. The van der Waals surface area contributed by atoms with Crippen LogP contribution >= 0.6 is 12.6 Å². The fourth-order valence-corrected chi connectivity index (χ4v) is 1.09. The van der Waals surface area contributed by atoms with Crippen molar-refractivity contribution in [3.63, 3.8) is 0 Å². The summed E-state index contributed by atoms with van der Waals surface area (Å²) < 4.78 is 39.3. The van der Waals surface area contributed by atoms with Gasteiger partial charge in [-0.15, -0.1) is 25.8 Å². The first-order chi connectivity index (χ1) is 6.44. The average Bonchev–Trinajstić information content (AvgIpc) is 2.06. The summed E-state index contributed by atoms with van der Waals surface area (Å²) in [5.74, 6) is -0.564. The number of hydrogen-bond acceptors (Lipinski definition) is 3. The molecule has 1 aromatic carbocycles. The maximum Gasteiger partial charge on any atom is 0.573 e. The first-order valence-corrected chi connectivity index (χ1v) is 3.86. The van der Waals surface area contributed by atoms with E-state index in [4.69, 9.17) is 5.26 Å². The second kappa shape index (κ2) is 3.80. The van der Waals surface area contributed by atoms with E-state index in [2.05, 4.69) is 17.4 Å². The van der Waals surface area contributed by atoms with Gasteiger partial charge >= 0.3 is 6.36 Å². The Morgan fingerprint density at radius 3 is 2.50 bits per heavy atom. The van der Waals surface area contributed by atoms with E-state index in [0.29, 0.717) is 0 Å². The van der Waals surface area contributed by atoms with Gasteiger partial charge < -0.3 is 4.74 Å². The van der Waals surface area contributed by atoms with Gasteiger partial charge in [-0.05, 0) is 12.1 Å². The van der Waals surface area contributed by atoms with E-state index in [0.717, 1.165) is 0 Å². The molecule has 6 heteroatoms. The lowest BCUT2D eigenvalue weighted by atomic mass is 10.2. The van der Waals surface area contributed by atoms with E-state index in [1.54, 1.807) is 6.07 Å². The summed E-state index contributed by atoms with van der Waals surface area (Å²) >= 11 is 3.76. The van der Waals surface area contributed by atoms with Gasteiger partial charge in [0.25, 0.3) is 0 Å². The van der Waals surface area contributed by atoms with Gasteiger partial charge in [-0.25, -0.2) is 0 Å². The lowest BCUT2D eigenvalue weighted by molar-refractivity contribution is -0.275. The first kappa shape index (κ1) is 10.7. The highest BCUT2D eigenvalue weighted by Gasteiger charge is 2.33. The summed E-state index contributed by atoms with van der Waals surface area (Å²) in [6.07, 6.45) is -4.82. The molecule has 0 amide bonds. The van der Waals surface area contributed by atoms with Gasteiger partial charge in [0.2, 0.25) is 0 Å². The molecule has 2 nitrogen and oxygen atoms in total. The SMILES string of the molecule is N#Cc1cccc(S)c1OC(F)(F)F. The standard InChI is InChI=1S/C8H4F3NOS/c9-8(10,11)13-7-5(4-12)2-1-3-6(7)14/h1-3,14H. The molecular weight excluding hydrogens is 215 g/mol. The van der Waals surface area contributed by atoms with Crippen LogP contribution < -0.4 is 4.74 Å². The van der Waals surface area contributed by atoms with E-state index >= 15 is 0 Å². The molecule has 0 unspecified atom stereocenters. The molecule has 0 radical (unpaired) electrons. The molecule has 74 valence electrons. The highest BCUT2D eigenvalue weighted by Crippen LogP contribution is 2.31. The van der Waals surface area contributed by atoms with Gasteiger partial charge in [0.05, 0.1) is 5.56 Å². The summed E-state index contributed by atoms with van der Waals surface area (Å²) in [6.45, 7) is 0. The maximum atomic E-state index is 11.9. The second-order valence-corrected chi connectivity index (χ2v) is 2.80. The maximum absolute atomic E-state index is 11.9. The van der Waals surface area contributed by atoms with Crippen LogP contribution in [-0.4, -0.2) is 6.36 Å². The molecule has 0 heterocycles. The number of hydrogen-bond donors (Lipinski definition) is 1. The highest BCUT2D eigenvalue weighted by molar-refractivity contribution is 7.80. The van der Waals surface area contributed by atoms with Crippen LogP contribution in [0.15, 0.2) is 23.1 Å². The zero-order valence-electron chi connectivity index (χ0n) is 6.67. The van der Waals surface area contributed by atoms with Crippen molar-refractivity contribution < 1.29 is 17.9 Å². The molecule has 1 aromatic rings. The quantitative estimate of drug-likeness (QED) is 0.736. The first-order valence-electron chi connectivity index (χ1n) is 3.42. The van der Waals surface area contributed by atoms with Crippen LogP contribution in [0.3, 0.4) is 0 Å². The number of nitrogens with zero attached hydrogens (tertiary/aromatic N) is 1. The Balaban J connectivity index is 3.13. The van der Waals surface area contributed by atoms with Gasteiger partial charge in [0, 0.05) is 4.90 Å². The molecule has 0 N–H and O–H groups in total. The Bertz CT molecular complexity index is 383. The number of thiol groups is 1. The Kier molecular flexibility index (Phi) is 2.91. The van der Waals surface area contributed by atoms with Crippen molar-refractivity contribution in [1.82, 2.24) is 0 Å². The van der Waals surface area contributed by atoms with Crippen molar-refractivity contribution >= 4 is 12.6 Å². The van der Waals surface area contributed by atoms with Gasteiger partial charge in [0.15, 0.2) is 5.75 Å². The summed E-state index contributed by atoms with van der Waals surface area (Å²) in [5.41, 5.74) is -0.199. The molecule has 0 aliphatic heterocycles. The molecule has 0 saturated carbocycles. The normalized spacial score (nSPS) is 10.8. The van der Waals surface area contributed by atoms with E-state index in [-0.39, 0.29) is 10.5 Å². The lowest BCUT2D eigenvalue weighted by Crippen LogP contribution is -2.18. The molecule has 0 fully saturated rings. The fraction of sp³-hybridized carbons (Fsp3) is 0.125. The molecule has 0 aromatic heterocycles. The second-order valence-electron chi connectivity index (χ2n) is 2.31. The minimum absolute atomic E-state index is 0.0265. The summed E-state index contributed by atoms with van der Waals surface area (Å²) in [6, 6.07) is 5.54. The summed E-state index contributed by atoms with van der Waals surface area (Å²) in [4.78, 5) is -0.0265. The van der Waals surface area contributed by atoms with E-state index in [1.165, 1.54) is 18.2 Å². The van der Waals surface area contributed by atoms with E-state index < -0.39 is 12.1 Å². The Morgan fingerprint density at radius 2 is 2.00 bits per heavy atom. The third-order valence-electron chi connectivity index (χ3n) is 1.33. The lowest BCUT2D eigenvalue weighted by Gasteiger charge is -2.11. The van der Waals surface area contributed by atoms with Gasteiger partial charge in [-0.2, -0.15) is 5.26 Å². The summed E-state index contributed by atoms with van der Waals surface area (Å²) in [7, 11) is 0. The van der Waals surface area contributed by atoms with Crippen molar-refractivity contribution in [2.24, 2.45) is 0 Å². The average molecular weight is 219 g/mol. The molecule has 0 aliphatic carbocycles. The van der Waals surface area contributed by atoms with Crippen LogP contribution in [0.25, 0.3) is 0 Å². The van der Waals surface area contributed by atoms with E-state index in [9.17, 15) is 13.2 Å². The van der Waals surface area contributed by atoms with Crippen LogP contribution in [0.5, 0.6) is 5.75 Å². The third kappa shape index (κ3) is 2.57. The molecular formula is C8H4F3NOS. The smallest absolute Gasteiger partial charge is 0.403 e. The molecule has 0 bridgehead atoms. The van der Waals surface area contributed by atoms with Crippen LogP contribution in [-0.2, 0) is 0 Å². The predicted molar refractivity (Wildman–Crippen MR) is 45.1 cm³/mol.